The number of benzene rings is 1. The van der Waals surface area contributed by atoms with Crippen molar-refractivity contribution in [2.45, 2.75) is 30.7 Å². The maximum Gasteiger partial charge on any atom is 0.223 e. The molecule has 122 valence electrons. The first kappa shape index (κ1) is 16.1. The van der Waals surface area contributed by atoms with Crippen LogP contribution in [0.3, 0.4) is 0 Å². The van der Waals surface area contributed by atoms with Gasteiger partial charge < -0.3 is 9.47 Å². The van der Waals surface area contributed by atoms with Crippen molar-refractivity contribution in [1.29, 1.82) is 0 Å². The van der Waals surface area contributed by atoms with Crippen molar-refractivity contribution in [3.8, 4) is 0 Å². The van der Waals surface area contributed by atoms with E-state index in [1.54, 1.807) is 11.8 Å². The number of likely N-dealkylation sites (tertiary alicyclic amines) is 1. The first-order chi connectivity index (χ1) is 11.3. The maximum atomic E-state index is 12.3. The Morgan fingerprint density at radius 3 is 2.70 bits per heavy atom. The van der Waals surface area contributed by atoms with Crippen LogP contribution in [0.15, 0.2) is 53.9 Å². The summed E-state index contributed by atoms with van der Waals surface area (Å²) in [6.45, 7) is 2.81. The monoisotopic (exact) mass is 329 g/mol. The molecular formula is C18H23N3OS. The molecule has 0 spiro atoms. The predicted octanol–water partition coefficient (Wildman–Crippen LogP) is 3.30. The number of thioether (sulfide) groups is 1. The largest absolute Gasteiger partial charge is 0.343 e. The highest BCUT2D eigenvalue weighted by atomic mass is 32.2. The lowest BCUT2D eigenvalue weighted by Gasteiger charge is -2.32. The van der Waals surface area contributed by atoms with Gasteiger partial charge in [-0.2, -0.15) is 0 Å². The quantitative estimate of drug-likeness (QED) is 0.763. The Morgan fingerprint density at radius 2 is 2.00 bits per heavy atom. The van der Waals surface area contributed by atoms with Gasteiger partial charge in [-0.3, -0.25) is 4.79 Å². The number of aromatic nitrogens is 2. The molecule has 4 nitrogen and oxygen atoms in total. The molecule has 0 unspecified atom stereocenters. The van der Waals surface area contributed by atoms with Crippen LogP contribution in [0.25, 0.3) is 0 Å². The molecule has 2 aromatic rings. The summed E-state index contributed by atoms with van der Waals surface area (Å²) in [5, 5.41) is 0. The highest BCUT2D eigenvalue weighted by Crippen LogP contribution is 2.21. The Balaban J connectivity index is 1.36. The second-order valence-corrected chi connectivity index (χ2v) is 7.16. The fourth-order valence-electron chi connectivity index (χ4n) is 2.99. The summed E-state index contributed by atoms with van der Waals surface area (Å²) in [5.41, 5.74) is 0. The van der Waals surface area contributed by atoms with Gasteiger partial charge in [0, 0.05) is 49.1 Å². The lowest BCUT2D eigenvalue weighted by Crippen LogP contribution is -2.39. The van der Waals surface area contributed by atoms with Crippen molar-refractivity contribution in [3.63, 3.8) is 0 Å². The molecule has 1 fully saturated rings. The molecule has 23 heavy (non-hydrogen) atoms. The van der Waals surface area contributed by atoms with Gasteiger partial charge in [0.1, 0.15) is 0 Å². The minimum Gasteiger partial charge on any atom is -0.343 e. The number of amides is 1. The Labute approximate surface area is 141 Å². The average molecular weight is 329 g/mol. The van der Waals surface area contributed by atoms with Crippen LogP contribution in [-0.4, -0.2) is 39.2 Å². The standard InChI is InChI=1S/C18H23N3OS/c22-18(8-13-23-17-4-2-1-3-5-17)21-10-6-16(7-11-21)14-20-12-9-19-15-20/h1-5,9,12,15-16H,6-8,10-11,13-14H2. The van der Waals surface area contributed by atoms with E-state index >= 15 is 0 Å². The molecule has 5 heteroatoms. The molecule has 1 aromatic heterocycles. The van der Waals surface area contributed by atoms with Gasteiger partial charge in [0.25, 0.3) is 0 Å². The number of hydrogen-bond acceptors (Lipinski definition) is 3. The number of piperidine rings is 1. The molecule has 0 atom stereocenters. The molecule has 0 saturated carbocycles. The van der Waals surface area contributed by atoms with Crippen molar-refractivity contribution in [3.05, 3.63) is 49.1 Å². The lowest BCUT2D eigenvalue weighted by atomic mass is 9.96. The SMILES string of the molecule is O=C(CCSc1ccccc1)N1CCC(Cn2ccnc2)CC1. The van der Waals surface area contributed by atoms with Crippen molar-refractivity contribution < 1.29 is 4.79 Å². The second kappa shape index (κ2) is 8.20. The van der Waals surface area contributed by atoms with Crippen molar-refractivity contribution in [1.82, 2.24) is 14.5 Å². The summed E-state index contributed by atoms with van der Waals surface area (Å²) < 4.78 is 2.14. The van der Waals surface area contributed by atoms with Gasteiger partial charge in [-0.05, 0) is 30.9 Å². The van der Waals surface area contributed by atoms with Crippen LogP contribution in [0.5, 0.6) is 0 Å². The minimum absolute atomic E-state index is 0.300. The van der Waals surface area contributed by atoms with Crippen LogP contribution in [0.2, 0.25) is 0 Å². The van der Waals surface area contributed by atoms with E-state index in [2.05, 4.69) is 21.7 Å². The Hall–Kier alpha value is -1.75. The first-order valence-electron chi connectivity index (χ1n) is 8.22. The summed E-state index contributed by atoms with van der Waals surface area (Å²) in [6.07, 6.45) is 8.52. The zero-order chi connectivity index (χ0) is 15.9. The van der Waals surface area contributed by atoms with Gasteiger partial charge in [-0.25, -0.2) is 4.98 Å². The molecular weight excluding hydrogens is 306 g/mol. The van der Waals surface area contributed by atoms with Crippen LogP contribution in [0, 0.1) is 5.92 Å². The van der Waals surface area contributed by atoms with Crippen LogP contribution in [-0.2, 0) is 11.3 Å². The highest BCUT2D eigenvalue weighted by Gasteiger charge is 2.22. The predicted molar refractivity (Wildman–Crippen MR) is 93.3 cm³/mol. The molecule has 0 bridgehead atoms. The number of carbonyl (C=O) groups excluding carboxylic acids is 1. The fourth-order valence-corrected chi connectivity index (χ4v) is 3.85. The summed E-state index contributed by atoms with van der Waals surface area (Å²) in [6, 6.07) is 10.3. The third-order valence-electron chi connectivity index (χ3n) is 4.32. The average Bonchev–Trinajstić information content (AvgIpc) is 3.09. The lowest BCUT2D eigenvalue weighted by molar-refractivity contribution is -0.132. The van der Waals surface area contributed by atoms with Crippen LogP contribution >= 0.6 is 11.8 Å². The number of imidazole rings is 1. The summed E-state index contributed by atoms with van der Waals surface area (Å²) in [5.74, 6) is 1.82. The summed E-state index contributed by atoms with van der Waals surface area (Å²) >= 11 is 1.76. The van der Waals surface area contributed by atoms with E-state index in [1.165, 1.54) is 4.90 Å². The molecule has 0 radical (unpaired) electrons. The van der Waals surface area contributed by atoms with Gasteiger partial charge in [-0.1, -0.05) is 18.2 Å². The molecule has 3 rings (SSSR count). The Bertz CT molecular complexity index is 592. The number of nitrogens with zero attached hydrogens (tertiary/aromatic N) is 3. The molecule has 0 N–H and O–H groups in total. The second-order valence-electron chi connectivity index (χ2n) is 6.00. The van der Waals surface area contributed by atoms with E-state index < -0.39 is 0 Å². The molecule has 1 aliphatic heterocycles. The molecule has 2 heterocycles. The third-order valence-corrected chi connectivity index (χ3v) is 5.34. The van der Waals surface area contributed by atoms with E-state index in [0.717, 1.165) is 38.2 Å². The normalized spacial score (nSPS) is 15.7. The molecule has 1 aliphatic rings. The number of hydrogen-bond donors (Lipinski definition) is 0. The van der Waals surface area contributed by atoms with Gasteiger partial charge in [0.2, 0.25) is 5.91 Å². The first-order valence-corrected chi connectivity index (χ1v) is 9.21. The van der Waals surface area contributed by atoms with Crippen LogP contribution in [0.1, 0.15) is 19.3 Å². The summed E-state index contributed by atoms with van der Waals surface area (Å²) in [4.78, 5) is 19.7. The topological polar surface area (TPSA) is 38.1 Å². The molecule has 0 aliphatic carbocycles. The van der Waals surface area contributed by atoms with Crippen molar-refractivity contribution in [2.75, 3.05) is 18.8 Å². The van der Waals surface area contributed by atoms with E-state index in [0.29, 0.717) is 18.2 Å². The van der Waals surface area contributed by atoms with Crippen LogP contribution < -0.4 is 0 Å². The van der Waals surface area contributed by atoms with E-state index in [4.69, 9.17) is 0 Å². The summed E-state index contributed by atoms with van der Waals surface area (Å²) in [7, 11) is 0. The Morgan fingerprint density at radius 1 is 1.22 bits per heavy atom. The minimum atomic E-state index is 0.300. The third kappa shape index (κ3) is 4.86. The van der Waals surface area contributed by atoms with E-state index in [9.17, 15) is 4.79 Å². The van der Waals surface area contributed by atoms with Gasteiger partial charge in [-0.15, -0.1) is 11.8 Å². The van der Waals surface area contributed by atoms with Crippen molar-refractivity contribution in [2.24, 2.45) is 5.92 Å². The van der Waals surface area contributed by atoms with Crippen LogP contribution in [0.4, 0.5) is 0 Å². The molecule has 1 aromatic carbocycles. The van der Waals surface area contributed by atoms with Crippen molar-refractivity contribution >= 4 is 17.7 Å². The fraction of sp³-hybridized carbons (Fsp3) is 0.444. The van der Waals surface area contributed by atoms with Gasteiger partial charge in [0.05, 0.1) is 6.33 Å². The zero-order valence-corrected chi connectivity index (χ0v) is 14.1. The zero-order valence-electron chi connectivity index (χ0n) is 13.3. The van der Waals surface area contributed by atoms with E-state index in [-0.39, 0.29) is 0 Å². The molecule has 1 amide bonds. The van der Waals surface area contributed by atoms with Gasteiger partial charge >= 0.3 is 0 Å². The molecule has 1 saturated heterocycles. The van der Waals surface area contributed by atoms with E-state index in [1.807, 2.05) is 41.8 Å². The Kier molecular flexibility index (Phi) is 5.75. The maximum absolute atomic E-state index is 12.3. The number of rotatable bonds is 6. The smallest absolute Gasteiger partial charge is 0.223 e. The highest BCUT2D eigenvalue weighted by molar-refractivity contribution is 7.99. The van der Waals surface area contributed by atoms with Gasteiger partial charge in [0.15, 0.2) is 0 Å². The number of carbonyl (C=O) groups is 1.